The molecular weight excluding hydrogens is 246 g/mol. The molecule has 0 aromatic carbocycles. The van der Waals surface area contributed by atoms with Gasteiger partial charge in [0, 0.05) is 13.1 Å². The van der Waals surface area contributed by atoms with Crippen molar-refractivity contribution in [2.24, 2.45) is 5.41 Å². The van der Waals surface area contributed by atoms with E-state index in [1.807, 2.05) is 4.68 Å². The molecule has 0 aliphatic carbocycles. The fourth-order valence-corrected chi connectivity index (χ4v) is 2.19. The van der Waals surface area contributed by atoms with Gasteiger partial charge >= 0.3 is 0 Å². The standard InChI is InChI=1S/C14H26ClN3/c1-6-11-13(15)12(18(7-2)17-11)10-16-9-8-14(3,4)5/h16H,6-10H2,1-5H3. The van der Waals surface area contributed by atoms with E-state index in [-0.39, 0.29) is 0 Å². The van der Waals surface area contributed by atoms with Crippen molar-refractivity contribution in [1.29, 1.82) is 0 Å². The first-order chi connectivity index (χ1) is 8.39. The molecule has 0 unspecified atom stereocenters. The highest BCUT2D eigenvalue weighted by Gasteiger charge is 2.14. The topological polar surface area (TPSA) is 29.9 Å². The molecule has 0 aliphatic heterocycles. The zero-order valence-corrected chi connectivity index (χ0v) is 13.1. The van der Waals surface area contributed by atoms with Crippen molar-refractivity contribution in [2.75, 3.05) is 6.54 Å². The Labute approximate surface area is 116 Å². The van der Waals surface area contributed by atoms with Gasteiger partial charge in [0.15, 0.2) is 0 Å². The van der Waals surface area contributed by atoms with Crippen LogP contribution in [0.5, 0.6) is 0 Å². The van der Waals surface area contributed by atoms with Crippen LogP contribution in [0.1, 0.15) is 52.4 Å². The van der Waals surface area contributed by atoms with Crippen molar-refractivity contribution < 1.29 is 0 Å². The quantitative estimate of drug-likeness (QED) is 0.801. The number of halogens is 1. The SMILES string of the molecule is CCc1nn(CC)c(CNCCC(C)(C)C)c1Cl. The van der Waals surface area contributed by atoms with E-state index in [1.54, 1.807) is 0 Å². The Hall–Kier alpha value is -0.540. The van der Waals surface area contributed by atoms with E-state index in [1.165, 1.54) is 0 Å². The van der Waals surface area contributed by atoms with Crippen LogP contribution in [0.4, 0.5) is 0 Å². The Kier molecular flexibility index (Phi) is 5.67. The fourth-order valence-electron chi connectivity index (χ4n) is 1.86. The average molecular weight is 272 g/mol. The highest BCUT2D eigenvalue weighted by molar-refractivity contribution is 6.31. The third-order valence-corrected chi connectivity index (χ3v) is 3.47. The second-order valence-corrected chi connectivity index (χ2v) is 6.24. The van der Waals surface area contributed by atoms with Crippen LogP contribution < -0.4 is 5.32 Å². The van der Waals surface area contributed by atoms with Crippen LogP contribution in [-0.2, 0) is 19.5 Å². The van der Waals surface area contributed by atoms with Gasteiger partial charge in [-0.3, -0.25) is 4.68 Å². The molecule has 3 nitrogen and oxygen atoms in total. The van der Waals surface area contributed by atoms with Crippen molar-refractivity contribution in [3.8, 4) is 0 Å². The molecule has 0 amide bonds. The van der Waals surface area contributed by atoms with Gasteiger partial charge in [-0.05, 0) is 31.7 Å². The Balaban J connectivity index is 2.58. The number of hydrogen-bond donors (Lipinski definition) is 1. The van der Waals surface area contributed by atoms with Crippen molar-refractivity contribution >= 4 is 11.6 Å². The summed E-state index contributed by atoms with van der Waals surface area (Å²) in [5, 5.41) is 8.82. The summed E-state index contributed by atoms with van der Waals surface area (Å²) in [6.07, 6.45) is 2.05. The van der Waals surface area contributed by atoms with Crippen LogP contribution in [0.15, 0.2) is 0 Å². The number of rotatable bonds is 6. The highest BCUT2D eigenvalue weighted by atomic mass is 35.5. The Morgan fingerprint density at radius 2 is 1.94 bits per heavy atom. The number of aryl methyl sites for hydroxylation is 2. The summed E-state index contributed by atoms with van der Waals surface area (Å²) >= 11 is 6.35. The van der Waals surface area contributed by atoms with E-state index in [0.29, 0.717) is 5.41 Å². The lowest BCUT2D eigenvalue weighted by atomic mass is 9.92. The van der Waals surface area contributed by atoms with Gasteiger partial charge in [-0.15, -0.1) is 0 Å². The average Bonchev–Trinajstić information content (AvgIpc) is 2.60. The molecule has 104 valence electrons. The highest BCUT2D eigenvalue weighted by Crippen LogP contribution is 2.22. The van der Waals surface area contributed by atoms with Crippen LogP contribution in [0.2, 0.25) is 5.02 Å². The van der Waals surface area contributed by atoms with E-state index in [4.69, 9.17) is 11.6 Å². The number of hydrogen-bond acceptors (Lipinski definition) is 2. The lowest BCUT2D eigenvalue weighted by Gasteiger charge is -2.18. The van der Waals surface area contributed by atoms with Gasteiger partial charge < -0.3 is 5.32 Å². The van der Waals surface area contributed by atoms with Gasteiger partial charge in [-0.2, -0.15) is 5.10 Å². The molecule has 0 aliphatic rings. The van der Waals surface area contributed by atoms with Gasteiger partial charge in [0.25, 0.3) is 0 Å². The van der Waals surface area contributed by atoms with E-state index in [0.717, 1.165) is 48.9 Å². The maximum absolute atomic E-state index is 6.35. The third kappa shape index (κ3) is 4.29. The second-order valence-electron chi connectivity index (χ2n) is 5.86. The van der Waals surface area contributed by atoms with Crippen LogP contribution >= 0.6 is 11.6 Å². The predicted octanol–water partition coefficient (Wildman–Crippen LogP) is 3.64. The molecule has 0 saturated carbocycles. The second kappa shape index (κ2) is 6.58. The van der Waals surface area contributed by atoms with Crippen LogP contribution in [0.3, 0.4) is 0 Å². The Bertz CT molecular complexity index is 377. The predicted molar refractivity (Wildman–Crippen MR) is 78.1 cm³/mol. The molecule has 1 rings (SSSR count). The van der Waals surface area contributed by atoms with E-state index in [2.05, 4.69) is 45.0 Å². The summed E-state index contributed by atoms with van der Waals surface area (Å²) in [7, 11) is 0. The van der Waals surface area contributed by atoms with Crippen molar-refractivity contribution in [3.63, 3.8) is 0 Å². The minimum Gasteiger partial charge on any atom is -0.311 e. The minimum absolute atomic E-state index is 0.371. The van der Waals surface area contributed by atoms with Crippen LogP contribution in [0.25, 0.3) is 0 Å². The van der Waals surface area contributed by atoms with Gasteiger partial charge in [-0.1, -0.05) is 39.3 Å². The van der Waals surface area contributed by atoms with Gasteiger partial charge in [0.05, 0.1) is 16.4 Å². The molecule has 1 aromatic heterocycles. The molecule has 0 radical (unpaired) electrons. The smallest absolute Gasteiger partial charge is 0.0863 e. The lowest BCUT2D eigenvalue weighted by Crippen LogP contribution is -2.22. The number of aromatic nitrogens is 2. The molecule has 0 bridgehead atoms. The number of nitrogens with zero attached hydrogens (tertiary/aromatic N) is 2. The first kappa shape index (κ1) is 15.5. The normalized spacial score (nSPS) is 12.1. The monoisotopic (exact) mass is 271 g/mol. The molecule has 0 fully saturated rings. The van der Waals surface area contributed by atoms with Crippen molar-refractivity contribution in [2.45, 2.75) is 60.5 Å². The van der Waals surface area contributed by atoms with E-state index in [9.17, 15) is 0 Å². The maximum atomic E-state index is 6.35. The zero-order valence-electron chi connectivity index (χ0n) is 12.3. The third-order valence-electron chi connectivity index (χ3n) is 3.04. The largest absolute Gasteiger partial charge is 0.311 e. The first-order valence-electron chi connectivity index (χ1n) is 6.83. The fraction of sp³-hybridized carbons (Fsp3) is 0.786. The minimum atomic E-state index is 0.371. The molecule has 1 heterocycles. The Morgan fingerprint density at radius 3 is 2.44 bits per heavy atom. The van der Waals surface area contributed by atoms with E-state index < -0.39 is 0 Å². The summed E-state index contributed by atoms with van der Waals surface area (Å²) in [5.41, 5.74) is 2.49. The summed E-state index contributed by atoms with van der Waals surface area (Å²) in [6, 6.07) is 0. The van der Waals surface area contributed by atoms with E-state index >= 15 is 0 Å². The summed E-state index contributed by atoms with van der Waals surface area (Å²) in [6.45, 7) is 13.6. The van der Waals surface area contributed by atoms with Gasteiger partial charge in [0.1, 0.15) is 0 Å². The molecule has 0 atom stereocenters. The lowest BCUT2D eigenvalue weighted by molar-refractivity contribution is 0.365. The first-order valence-corrected chi connectivity index (χ1v) is 7.21. The van der Waals surface area contributed by atoms with Gasteiger partial charge in [0.2, 0.25) is 0 Å². The molecular formula is C14H26ClN3. The summed E-state index contributed by atoms with van der Waals surface area (Å²) in [4.78, 5) is 0. The molecule has 1 aromatic rings. The molecule has 4 heteroatoms. The molecule has 18 heavy (non-hydrogen) atoms. The van der Waals surface area contributed by atoms with Crippen LogP contribution in [-0.4, -0.2) is 16.3 Å². The summed E-state index contributed by atoms with van der Waals surface area (Å²) < 4.78 is 2.01. The zero-order chi connectivity index (χ0) is 13.8. The summed E-state index contributed by atoms with van der Waals surface area (Å²) in [5.74, 6) is 0. The van der Waals surface area contributed by atoms with Gasteiger partial charge in [-0.25, -0.2) is 0 Å². The van der Waals surface area contributed by atoms with Crippen molar-refractivity contribution in [3.05, 3.63) is 16.4 Å². The molecule has 0 saturated heterocycles. The Morgan fingerprint density at radius 1 is 1.28 bits per heavy atom. The molecule has 1 N–H and O–H groups in total. The molecule has 0 spiro atoms. The van der Waals surface area contributed by atoms with Crippen molar-refractivity contribution in [1.82, 2.24) is 15.1 Å². The maximum Gasteiger partial charge on any atom is 0.0863 e. The number of nitrogens with one attached hydrogen (secondary N) is 1. The van der Waals surface area contributed by atoms with Crippen LogP contribution in [0, 0.1) is 5.41 Å².